The van der Waals surface area contributed by atoms with Gasteiger partial charge >= 0.3 is 0 Å². The van der Waals surface area contributed by atoms with Gasteiger partial charge in [0.15, 0.2) is 0 Å². The van der Waals surface area contributed by atoms with Crippen LogP contribution in [0.15, 0.2) is 53.4 Å². The van der Waals surface area contributed by atoms with Crippen LogP contribution < -0.4 is 10.0 Å². The zero-order chi connectivity index (χ0) is 16.9. The second-order valence-electron chi connectivity index (χ2n) is 4.66. The Kier molecular flexibility index (Phi) is 6.01. The maximum atomic E-state index is 12.1. The summed E-state index contributed by atoms with van der Waals surface area (Å²) in [4.78, 5) is 11.6. The fourth-order valence-electron chi connectivity index (χ4n) is 1.78. The molecule has 2 N–H and O–H groups in total. The highest BCUT2D eigenvalue weighted by Crippen LogP contribution is 2.24. The molecule has 0 aliphatic heterocycles. The Morgan fingerprint density at radius 2 is 1.74 bits per heavy atom. The lowest BCUT2D eigenvalue weighted by Crippen LogP contribution is -2.36. The third-order valence-electron chi connectivity index (χ3n) is 2.94. The molecule has 0 spiro atoms. The molecule has 0 radical (unpaired) electrons. The Balaban J connectivity index is 1.94. The second kappa shape index (κ2) is 7.79. The van der Waals surface area contributed by atoms with Gasteiger partial charge in [0.2, 0.25) is 15.9 Å². The van der Waals surface area contributed by atoms with Crippen molar-refractivity contribution in [3.63, 3.8) is 0 Å². The Labute approximate surface area is 144 Å². The van der Waals surface area contributed by atoms with Gasteiger partial charge in [-0.3, -0.25) is 4.79 Å². The van der Waals surface area contributed by atoms with E-state index in [1.165, 1.54) is 18.2 Å². The Morgan fingerprint density at radius 3 is 2.43 bits per heavy atom. The van der Waals surface area contributed by atoms with E-state index in [1.54, 1.807) is 0 Å². The molecule has 122 valence electrons. The number of carbonyl (C=O) groups is 1. The van der Waals surface area contributed by atoms with Crippen LogP contribution in [0.25, 0.3) is 0 Å². The first-order valence-corrected chi connectivity index (χ1v) is 8.88. The second-order valence-corrected chi connectivity index (χ2v) is 7.24. The molecule has 5 nitrogen and oxygen atoms in total. The van der Waals surface area contributed by atoms with Crippen LogP contribution >= 0.6 is 23.2 Å². The van der Waals surface area contributed by atoms with Crippen LogP contribution in [-0.2, 0) is 21.4 Å². The van der Waals surface area contributed by atoms with Crippen LogP contribution in [0.5, 0.6) is 0 Å². The first-order valence-electron chi connectivity index (χ1n) is 6.64. The van der Waals surface area contributed by atoms with E-state index in [9.17, 15) is 13.2 Å². The van der Waals surface area contributed by atoms with Crippen LogP contribution in [-0.4, -0.2) is 20.9 Å². The van der Waals surface area contributed by atoms with Crippen molar-refractivity contribution in [2.24, 2.45) is 0 Å². The minimum Gasteiger partial charge on any atom is -0.351 e. The van der Waals surface area contributed by atoms with Gasteiger partial charge in [-0.15, -0.1) is 0 Å². The topological polar surface area (TPSA) is 75.3 Å². The molecule has 0 unspecified atom stereocenters. The van der Waals surface area contributed by atoms with Gasteiger partial charge < -0.3 is 5.32 Å². The van der Waals surface area contributed by atoms with E-state index in [2.05, 4.69) is 10.0 Å². The van der Waals surface area contributed by atoms with Gasteiger partial charge in [-0.25, -0.2) is 13.1 Å². The number of hydrogen-bond donors (Lipinski definition) is 2. The Hall–Kier alpha value is -1.60. The normalized spacial score (nSPS) is 11.2. The third kappa shape index (κ3) is 5.21. The third-order valence-corrected chi connectivity index (χ3v) is 5.06. The zero-order valence-corrected chi connectivity index (χ0v) is 14.3. The van der Waals surface area contributed by atoms with Crippen molar-refractivity contribution < 1.29 is 13.2 Å². The summed E-state index contributed by atoms with van der Waals surface area (Å²) in [5, 5.41) is 2.90. The number of hydrogen-bond acceptors (Lipinski definition) is 3. The van der Waals surface area contributed by atoms with Crippen LogP contribution in [0.2, 0.25) is 10.0 Å². The van der Waals surface area contributed by atoms with E-state index in [1.807, 2.05) is 30.3 Å². The van der Waals surface area contributed by atoms with Gasteiger partial charge in [0, 0.05) is 11.6 Å². The van der Waals surface area contributed by atoms with E-state index in [0.717, 1.165) is 5.56 Å². The van der Waals surface area contributed by atoms with Crippen LogP contribution in [0.4, 0.5) is 0 Å². The summed E-state index contributed by atoms with van der Waals surface area (Å²) in [6.45, 7) is -0.0721. The summed E-state index contributed by atoms with van der Waals surface area (Å²) in [6.07, 6.45) is 0. The SMILES string of the molecule is O=C(CNS(=O)(=O)c1cc(Cl)ccc1Cl)NCc1ccccc1. The van der Waals surface area contributed by atoms with Crippen molar-refractivity contribution in [1.82, 2.24) is 10.0 Å². The lowest BCUT2D eigenvalue weighted by atomic mass is 10.2. The molecule has 0 fully saturated rings. The van der Waals surface area contributed by atoms with E-state index < -0.39 is 22.5 Å². The van der Waals surface area contributed by atoms with E-state index in [0.29, 0.717) is 6.54 Å². The average Bonchev–Trinajstić information content (AvgIpc) is 2.54. The number of benzene rings is 2. The summed E-state index contributed by atoms with van der Waals surface area (Å²) in [5.74, 6) is -0.449. The predicted molar refractivity (Wildman–Crippen MR) is 89.9 cm³/mol. The summed E-state index contributed by atoms with van der Waals surface area (Å²) in [6, 6.07) is 13.4. The molecule has 2 rings (SSSR count). The monoisotopic (exact) mass is 372 g/mol. The van der Waals surface area contributed by atoms with E-state index >= 15 is 0 Å². The van der Waals surface area contributed by atoms with E-state index in [-0.39, 0.29) is 14.9 Å². The number of rotatable bonds is 6. The van der Waals surface area contributed by atoms with Crippen molar-refractivity contribution in [3.8, 4) is 0 Å². The zero-order valence-electron chi connectivity index (χ0n) is 11.9. The van der Waals surface area contributed by atoms with Crippen molar-refractivity contribution in [1.29, 1.82) is 0 Å². The summed E-state index contributed by atoms with van der Waals surface area (Å²) in [7, 11) is -3.92. The molecular formula is C15H14Cl2N2O3S. The largest absolute Gasteiger partial charge is 0.351 e. The fraction of sp³-hybridized carbons (Fsp3) is 0.133. The molecule has 1 amide bonds. The molecule has 2 aromatic rings. The molecule has 0 saturated carbocycles. The number of nitrogens with one attached hydrogen (secondary N) is 2. The highest BCUT2D eigenvalue weighted by Gasteiger charge is 2.19. The minimum absolute atomic E-state index is 0.0339. The van der Waals surface area contributed by atoms with Gasteiger partial charge in [-0.2, -0.15) is 0 Å². The molecule has 0 aliphatic rings. The molecule has 8 heteroatoms. The quantitative estimate of drug-likeness (QED) is 0.817. The van der Waals surface area contributed by atoms with Gasteiger partial charge in [-0.05, 0) is 23.8 Å². The molecule has 0 bridgehead atoms. The van der Waals surface area contributed by atoms with E-state index in [4.69, 9.17) is 23.2 Å². The molecule has 0 aliphatic carbocycles. The molecule has 0 saturated heterocycles. The number of carbonyl (C=O) groups excluding carboxylic acids is 1. The Morgan fingerprint density at radius 1 is 1.04 bits per heavy atom. The number of sulfonamides is 1. The molecule has 0 atom stereocenters. The average molecular weight is 373 g/mol. The van der Waals surface area contributed by atoms with Crippen molar-refractivity contribution in [2.75, 3.05) is 6.54 Å². The minimum atomic E-state index is -3.92. The number of halogens is 2. The maximum Gasteiger partial charge on any atom is 0.242 e. The van der Waals surface area contributed by atoms with Crippen molar-refractivity contribution >= 4 is 39.1 Å². The Bertz CT molecular complexity index is 796. The predicted octanol–water partition coefficient (Wildman–Crippen LogP) is 2.59. The van der Waals surface area contributed by atoms with Crippen LogP contribution in [0, 0.1) is 0 Å². The summed E-state index contributed by atoms with van der Waals surface area (Å²) < 4.78 is 26.5. The lowest BCUT2D eigenvalue weighted by molar-refractivity contribution is -0.120. The standard InChI is InChI=1S/C15H14Cl2N2O3S/c16-12-6-7-13(17)14(8-12)23(21,22)19-10-15(20)18-9-11-4-2-1-3-5-11/h1-8,19H,9-10H2,(H,18,20). The molecule has 0 heterocycles. The molecule has 0 aromatic heterocycles. The van der Waals surface area contributed by atoms with Gasteiger partial charge in [0.1, 0.15) is 4.90 Å². The number of amides is 1. The summed E-state index contributed by atoms with van der Waals surface area (Å²) in [5.41, 5.74) is 0.918. The van der Waals surface area contributed by atoms with Crippen molar-refractivity contribution in [2.45, 2.75) is 11.4 Å². The first kappa shape index (κ1) is 17.7. The van der Waals surface area contributed by atoms with Crippen LogP contribution in [0.1, 0.15) is 5.56 Å². The van der Waals surface area contributed by atoms with Gasteiger partial charge in [0.25, 0.3) is 0 Å². The fourth-order valence-corrected chi connectivity index (χ4v) is 3.52. The first-order chi connectivity index (χ1) is 10.9. The molecule has 23 heavy (non-hydrogen) atoms. The molecular weight excluding hydrogens is 359 g/mol. The highest BCUT2D eigenvalue weighted by atomic mass is 35.5. The smallest absolute Gasteiger partial charge is 0.242 e. The lowest BCUT2D eigenvalue weighted by Gasteiger charge is -2.09. The summed E-state index contributed by atoms with van der Waals surface area (Å²) >= 11 is 11.6. The van der Waals surface area contributed by atoms with Crippen LogP contribution in [0.3, 0.4) is 0 Å². The van der Waals surface area contributed by atoms with Gasteiger partial charge in [0.05, 0.1) is 11.6 Å². The maximum absolute atomic E-state index is 12.1. The van der Waals surface area contributed by atoms with Gasteiger partial charge in [-0.1, -0.05) is 53.5 Å². The highest BCUT2D eigenvalue weighted by molar-refractivity contribution is 7.89. The molecule has 2 aromatic carbocycles. The van der Waals surface area contributed by atoms with Crippen molar-refractivity contribution in [3.05, 3.63) is 64.1 Å².